The first-order valence-corrected chi connectivity index (χ1v) is 6.80. The van der Waals surface area contributed by atoms with E-state index in [1.807, 2.05) is 23.5 Å². The molecule has 0 radical (unpaired) electrons. The topological polar surface area (TPSA) is 20.2 Å². The lowest BCUT2D eigenvalue weighted by Crippen LogP contribution is -2.35. The molecule has 3 heteroatoms. The maximum atomic E-state index is 9.95. The molecule has 2 aliphatic rings. The van der Waals surface area contributed by atoms with Gasteiger partial charge in [-0.25, -0.2) is 0 Å². The molecule has 0 amide bonds. The van der Waals surface area contributed by atoms with Crippen LogP contribution in [0.1, 0.15) is 19.8 Å². The van der Waals surface area contributed by atoms with Crippen molar-refractivity contribution in [1.29, 1.82) is 0 Å². The second-order valence-corrected chi connectivity index (χ2v) is 6.51. The van der Waals surface area contributed by atoms with E-state index in [0.29, 0.717) is 16.4 Å². The molecule has 3 unspecified atom stereocenters. The second kappa shape index (κ2) is 3.81. The molecule has 0 aromatic carbocycles. The van der Waals surface area contributed by atoms with Crippen LogP contribution in [0.15, 0.2) is 0 Å². The first-order valence-electron chi connectivity index (χ1n) is 4.70. The van der Waals surface area contributed by atoms with Crippen molar-refractivity contribution in [3.8, 4) is 0 Å². The van der Waals surface area contributed by atoms with Gasteiger partial charge >= 0.3 is 0 Å². The molecule has 1 heterocycles. The molecular formula is C9H16OS2. The van der Waals surface area contributed by atoms with Crippen LogP contribution in [-0.2, 0) is 0 Å². The summed E-state index contributed by atoms with van der Waals surface area (Å²) < 4.78 is 0. The number of aliphatic hydroxyl groups excluding tert-OH is 1. The zero-order chi connectivity index (χ0) is 8.55. The molecule has 0 spiro atoms. The normalized spacial score (nSPS) is 39.5. The number of hydrogen-bond donors (Lipinski definition) is 1. The van der Waals surface area contributed by atoms with E-state index >= 15 is 0 Å². The lowest BCUT2D eigenvalue weighted by atomic mass is 10.1. The van der Waals surface area contributed by atoms with Crippen LogP contribution in [0.4, 0.5) is 0 Å². The fraction of sp³-hybridized carbons (Fsp3) is 1.00. The van der Waals surface area contributed by atoms with Crippen LogP contribution in [0.2, 0.25) is 0 Å². The lowest BCUT2D eigenvalue weighted by molar-refractivity contribution is 0.148. The molecule has 0 aromatic rings. The molecule has 2 rings (SSSR count). The van der Waals surface area contributed by atoms with Gasteiger partial charge < -0.3 is 5.11 Å². The van der Waals surface area contributed by atoms with E-state index < -0.39 is 0 Å². The van der Waals surface area contributed by atoms with E-state index in [-0.39, 0.29) is 6.10 Å². The van der Waals surface area contributed by atoms with Gasteiger partial charge in [-0.05, 0) is 18.8 Å². The highest BCUT2D eigenvalue weighted by Crippen LogP contribution is 2.42. The van der Waals surface area contributed by atoms with E-state index in [0.717, 1.165) is 0 Å². The van der Waals surface area contributed by atoms with Crippen LogP contribution in [0.5, 0.6) is 0 Å². The maximum absolute atomic E-state index is 9.95. The van der Waals surface area contributed by atoms with Crippen molar-refractivity contribution in [1.82, 2.24) is 0 Å². The Hall–Kier alpha value is 0.660. The first-order chi connectivity index (χ1) is 5.79. The van der Waals surface area contributed by atoms with Crippen LogP contribution in [0, 0.1) is 5.92 Å². The predicted molar refractivity (Wildman–Crippen MR) is 56.9 cm³/mol. The summed E-state index contributed by atoms with van der Waals surface area (Å²) in [4.78, 5) is 0. The Balaban J connectivity index is 1.90. The summed E-state index contributed by atoms with van der Waals surface area (Å²) >= 11 is 4.00. The average Bonchev–Trinajstić information content (AvgIpc) is 2.86. The van der Waals surface area contributed by atoms with Crippen molar-refractivity contribution < 1.29 is 5.11 Å². The molecule has 1 nitrogen and oxygen atoms in total. The van der Waals surface area contributed by atoms with E-state index in [2.05, 4.69) is 6.92 Å². The quantitative estimate of drug-likeness (QED) is 0.743. The molecule has 1 aliphatic heterocycles. The first kappa shape index (κ1) is 9.22. The highest BCUT2D eigenvalue weighted by atomic mass is 32.2. The highest BCUT2D eigenvalue weighted by Gasteiger charge is 2.38. The summed E-state index contributed by atoms with van der Waals surface area (Å²) in [6.07, 6.45) is 2.50. The number of thioether (sulfide) groups is 2. The number of aliphatic hydroxyl groups is 1. The minimum absolute atomic E-state index is 0.0159. The standard InChI is InChI=1S/C9H16OS2/c1-6-9(12-5-4-11-6)8(10)7-2-3-7/h6-10H,2-5H2,1H3. The Bertz CT molecular complexity index is 159. The van der Waals surface area contributed by atoms with Crippen molar-refractivity contribution in [2.75, 3.05) is 11.5 Å². The minimum atomic E-state index is -0.0159. The van der Waals surface area contributed by atoms with Crippen LogP contribution >= 0.6 is 23.5 Å². The SMILES string of the molecule is CC1SCCSC1C(O)C1CC1. The number of rotatable bonds is 2. The van der Waals surface area contributed by atoms with E-state index in [9.17, 15) is 5.11 Å². The Labute approximate surface area is 82.7 Å². The van der Waals surface area contributed by atoms with Crippen molar-refractivity contribution >= 4 is 23.5 Å². The van der Waals surface area contributed by atoms with E-state index in [4.69, 9.17) is 0 Å². The second-order valence-electron chi connectivity index (χ2n) is 3.74. The van der Waals surface area contributed by atoms with Gasteiger partial charge in [0.05, 0.1) is 6.10 Å². The summed E-state index contributed by atoms with van der Waals surface area (Å²) in [7, 11) is 0. The van der Waals surface area contributed by atoms with Crippen LogP contribution in [0.3, 0.4) is 0 Å². The van der Waals surface area contributed by atoms with Crippen molar-refractivity contribution in [2.45, 2.75) is 36.4 Å². The monoisotopic (exact) mass is 204 g/mol. The van der Waals surface area contributed by atoms with Gasteiger partial charge in [-0.15, -0.1) is 0 Å². The lowest BCUT2D eigenvalue weighted by Gasteiger charge is -2.31. The smallest absolute Gasteiger partial charge is 0.0697 e. The van der Waals surface area contributed by atoms with Gasteiger partial charge in [0.2, 0.25) is 0 Å². The van der Waals surface area contributed by atoms with E-state index in [1.54, 1.807) is 0 Å². The van der Waals surface area contributed by atoms with Gasteiger partial charge in [0.1, 0.15) is 0 Å². The zero-order valence-electron chi connectivity index (χ0n) is 7.40. The third-order valence-corrected chi connectivity index (χ3v) is 5.88. The van der Waals surface area contributed by atoms with Crippen LogP contribution in [-0.4, -0.2) is 33.2 Å². The molecule has 0 aromatic heterocycles. The summed E-state index contributed by atoms with van der Waals surface area (Å²) in [6.45, 7) is 2.26. The largest absolute Gasteiger partial charge is 0.392 e. The van der Waals surface area contributed by atoms with Gasteiger partial charge in [-0.2, -0.15) is 23.5 Å². The van der Waals surface area contributed by atoms with Crippen LogP contribution in [0.25, 0.3) is 0 Å². The summed E-state index contributed by atoms with van der Waals surface area (Å²) in [5.41, 5.74) is 0. The molecule has 2 fully saturated rings. The minimum Gasteiger partial charge on any atom is -0.392 e. The summed E-state index contributed by atoms with van der Waals surface area (Å²) in [6, 6.07) is 0. The zero-order valence-corrected chi connectivity index (χ0v) is 9.03. The Morgan fingerprint density at radius 2 is 1.92 bits per heavy atom. The van der Waals surface area contributed by atoms with Crippen LogP contribution < -0.4 is 0 Å². The summed E-state index contributed by atoms with van der Waals surface area (Å²) in [5, 5.41) is 11.1. The van der Waals surface area contributed by atoms with Gasteiger partial charge in [0.25, 0.3) is 0 Å². The van der Waals surface area contributed by atoms with E-state index in [1.165, 1.54) is 24.3 Å². The van der Waals surface area contributed by atoms with Gasteiger partial charge in [-0.3, -0.25) is 0 Å². The molecule has 1 saturated heterocycles. The average molecular weight is 204 g/mol. The molecule has 12 heavy (non-hydrogen) atoms. The molecule has 70 valence electrons. The van der Waals surface area contributed by atoms with Gasteiger partial charge in [0.15, 0.2) is 0 Å². The van der Waals surface area contributed by atoms with Crippen molar-refractivity contribution in [2.24, 2.45) is 5.92 Å². The molecule has 0 bridgehead atoms. The Morgan fingerprint density at radius 3 is 2.50 bits per heavy atom. The molecule has 3 atom stereocenters. The third kappa shape index (κ3) is 1.94. The molecule has 1 aliphatic carbocycles. The predicted octanol–water partition coefficient (Wildman–Crippen LogP) is 1.99. The Kier molecular flexibility index (Phi) is 2.93. The summed E-state index contributed by atoms with van der Waals surface area (Å²) in [5.74, 6) is 3.13. The molecular weight excluding hydrogens is 188 g/mol. The Morgan fingerprint density at radius 1 is 1.25 bits per heavy atom. The molecule has 1 N–H and O–H groups in total. The highest BCUT2D eigenvalue weighted by molar-refractivity contribution is 8.07. The fourth-order valence-electron chi connectivity index (χ4n) is 1.73. The molecule has 1 saturated carbocycles. The van der Waals surface area contributed by atoms with Crippen molar-refractivity contribution in [3.05, 3.63) is 0 Å². The maximum Gasteiger partial charge on any atom is 0.0697 e. The van der Waals surface area contributed by atoms with Crippen molar-refractivity contribution in [3.63, 3.8) is 0 Å². The fourth-order valence-corrected chi connectivity index (χ4v) is 4.66. The third-order valence-electron chi connectivity index (χ3n) is 2.68. The number of hydrogen-bond acceptors (Lipinski definition) is 3. The van der Waals surface area contributed by atoms with Gasteiger partial charge in [-0.1, -0.05) is 6.92 Å². The van der Waals surface area contributed by atoms with Gasteiger partial charge in [0, 0.05) is 22.0 Å².